The van der Waals surface area contributed by atoms with Crippen molar-refractivity contribution in [2.45, 2.75) is 116 Å². The highest BCUT2D eigenvalue weighted by Crippen LogP contribution is 2.42. The molecule has 0 fully saturated rings. The lowest BCUT2D eigenvalue weighted by Gasteiger charge is -2.38. The number of allylic oxidation sites excluding steroid dienone is 2. The van der Waals surface area contributed by atoms with Gasteiger partial charge in [-0.25, -0.2) is 0 Å². The van der Waals surface area contributed by atoms with E-state index in [4.69, 9.17) is 0 Å². The maximum atomic E-state index is 10.3. The minimum Gasteiger partial charge on any atom is -0.378 e. The molecule has 0 saturated heterocycles. The fourth-order valence-electron chi connectivity index (χ4n) is 6.49. The molecule has 0 saturated carbocycles. The summed E-state index contributed by atoms with van der Waals surface area (Å²) in [5, 5.41) is 10.3. The maximum Gasteiger partial charge on any atom is 0.146 e. The van der Waals surface area contributed by atoms with Crippen molar-refractivity contribution in [3.05, 3.63) is 41.0 Å². The molecule has 0 heterocycles. The van der Waals surface area contributed by atoms with E-state index in [9.17, 15) is 5.26 Å². The highest BCUT2D eigenvalue weighted by atomic mass is 28.3. The van der Waals surface area contributed by atoms with Gasteiger partial charge in [-0.2, -0.15) is 5.26 Å². The summed E-state index contributed by atoms with van der Waals surface area (Å²) < 4.78 is 0. The first-order valence-electron chi connectivity index (χ1n) is 14.6. The van der Waals surface area contributed by atoms with Gasteiger partial charge in [0.05, 0.1) is 0 Å². The van der Waals surface area contributed by atoms with Crippen LogP contribution >= 0.6 is 0 Å². The SMILES string of the molecule is CC(C)[Si](C#C/C(C#N)=C(/C#Cc1ccc(N(C)C)cc1)C#C[Si](C(C)C)(C(C)C)C(C)C)(C(C)C)C(C)C. The van der Waals surface area contributed by atoms with E-state index in [1.165, 1.54) is 0 Å². The third-order valence-electron chi connectivity index (χ3n) is 8.62. The number of rotatable bonds is 7. The second-order valence-electron chi connectivity index (χ2n) is 12.8. The van der Waals surface area contributed by atoms with Gasteiger partial charge in [0.1, 0.15) is 33.4 Å². The topological polar surface area (TPSA) is 27.0 Å². The van der Waals surface area contributed by atoms with Gasteiger partial charge in [-0.3, -0.25) is 0 Å². The molecule has 1 aromatic carbocycles. The van der Waals surface area contributed by atoms with Gasteiger partial charge in [-0.1, -0.05) is 107 Å². The Morgan fingerprint density at radius 2 is 0.949 bits per heavy atom. The van der Waals surface area contributed by atoms with Crippen LogP contribution in [-0.4, -0.2) is 30.2 Å². The van der Waals surface area contributed by atoms with E-state index >= 15 is 0 Å². The van der Waals surface area contributed by atoms with Crippen molar-refractivity contribution in [1.82, 2.24) is 0 Å². The van der Waals surface area contributed by atoms with Gasteiger partial charge in [0.15, 0.2) is 0 Å². The lowest BCUT2D eigenvalue weighted by molar-refractivity contribution is 0.838. The standard InChI is InChI=1S/C35H52N2Si2/c1-26(2)38(27(3)4,28(5)6)23-21-33(18-15-32-16-19-35(20-17-32)37(13)14)34(25-36)22-24-39(29(7)8,30(9)10)31(11)12/h16-17,19-20,26-31H,1-14H3/b34-33+. The molecular weight excluding hydrogens is 505 g/mol. The second-order valence-corrected chi connectivity index (χ2v) is 24.0. The number of benzene rings is 1. The average Bonchev–Trinajstić information content (AvgIpc) is 2.83. The normalized spacial score (nSPS) is 12.5. The first-order valence-corrected chi connectivity index (χ1v) is 19.0. The van der Waals surface area contributed by atoms with Crippen molar-refractivity contribution in [2.24, 2.45) is 0 Å². The van der Waals surface area contributed by atoms with E-state index < -0.39 is 16.1 Å². The van der Waals surface area contributed by atoms with Gasteiger partial charge in [0.2, 0.25) is 0 Å². The first-order chi connectivity index (χ1) is 18.1. The lowest BCUT2D eigenvalue weighted by atomic mass is 10.1. The Bertz CT molecular complexity index is 1180. The Morgan fingerprint density at radius 3 is 1.26 bits per heavy atom. The summed E-state index contributed by atoms with van der Waals surface area (Å²) in [6.45, 7) is 27.6. The van der Waals surface area contributed by atoms with Crippen LogP contribution in [0.3, 0.4) is 0 Å². The Kier molecular flexibility index (Phi) is 12.9. The van der Waals surface area contributed by atoms with E-state index in [0.717, 1.165) is 11.3 Å². The molecule has 0 aliphatic carbocycles. The molecule has 1 aromatic rings. The van der Waals surface area contributed by atoms with Crippen LogP contribution in [0.25, 0.3) is 0 Å². The molecule has 4 heteroatoms. The molecule has 0 aliphatic rings. The quantitative estimate of drug-likeness (QED) is 0.190. The molecule has 0 N–H and O–H groups in total. The number of hydrogen-bond donors (Lipinski definition) is 0. The summed E-state index contributed by atoms with van der Waals surface area (Å²) in [5.41, 5.74) is 13.5. The first kappa shape index (κ1) is 34.4. The molecule has 0 radical (unpaired) electrons. The molecule has 1 rings (SSSR count). The summed E-state index contributed by atoms with van der Waals surface area (Å²) in [6.07, 6.45) is 0. The fraction of sp³-hybridized carbons (Fsp3) is 0.571. The largest absolute Gasteiger partial charge is 0.378 e. The van der Waals surface area contributed by atoms with Gasteiger partial charge >= 0.3 is 0 Å². The van der Waals surface area contributed by atoms with Crippen LogP contribution in [0, 0.1) is 46.1 Å². The van der Waals surface area contributed by atoms with Crippen LogP contribution in [0.5, 0.6) is 0 Å². The second kappa shape index (κ2) is 14.7. The molecule has 0 amide bonds. The van der Waals surface area contributed by atoms with Crippen LogP contribution in [0.1, 0.15) is 88.6 Å². The van der Waals surface area contributed by atoms with E-state index in [1.54, 1.807) is 0 Å². The monoisotopic (exact) mass is 556 g/mol. The Labute approximate surface area is 243 Å². The van der Waals surface area contributed by atoms with Crippen LogP contribution in [0.2, 0.25) is 33.2 Å². The summed E-state index contributed by atoms with van der Waals surface area (Å²) in [4.78, 5) is 2.07. The zero-order valence-electron chi connectivity index (χ0n) is 27.2. The number of nitriles is 1. The van der Waals surface area contributed by atoms with Crippen LogP contribution in [0.15, 0.2) is 35.4 Å². The number of hydrogen-bond acceptors (Lipinski definition) is 2. The van der Waals surface area contributed by atoms with Gasteiger partial charge in [-0.15, -0.1) is 11.1 Å². The predicted octanol–water partition coefficient (Wildman–Crippen LogP) is 9.37. The Balaban J connectivity index is 4.00. The van der Waals surface area contributed by atoms with Crippen molar-refractivity contribution in [1.29, 1.82) is 5.26 Å². The van der Waals surface area contributed by atoms with Crippen LogP contribution in [-0.2, 0) is 0 Å². The number of nitrogens with zero attached hydrogens (tertiary/aromatic N) is 2. The molecule has 0 atom stereocenters. The molecular formula is C35H52N2Si2. The van der Waals surface area contributed by atoms with E-state index in [0.29, 0.717) is 44.4 Å². The zero-order chi connectivity index (χ0) is 30.1. The molecule has 210 valence electrons. The maximum absolute atomic E-state index is 10.3. The van der Waals surface area contributed by atoms with E-state index in [1.807, 2.05) is 26.2 Å². The minimum absolute atomic E-state index is 0.415. The molecule has 0 spiro atoms. The van der Waals surface area contributed by atoms with E-state index in [2.05, 4.69) is 141 Å². The predicted molar refractivity (Wildman–Crippen MR) is 178 cm³/mol. The average molecular weight is 557 g/mol. The number of anilines is 1. The molecule has 2 nitrogen and oxygen atoms in total. The Morgan fingerprint density at radius 1 is 0.590 bits per heavy atom. The highest BCUT2D eigenvalue weighted by Gasteiger charge is 2.42. The molecule has 0 bridgehead atoms. The van der Waals surface area contributed by atoms with Crippen LogP contribution in [0.4, 0.5) is 5.69 Å². The molecule has 0 aromatic heterocycles. The fourth-order valence-corrected chi connectivity index (χ4v) is 16.9. The third-order valence-corrected chi connectivity index (χ3v) is 21.2. The summed E-state index contributed by atoms with van der Waals surface area (Å²) in [6, 6.07) is 10.6. The Hall–Kier alpha value is -2.64. The van der Waals surface area contributed by atoms with Gasteiger partial charge < -0.3 is 4.90 Å². The van der Waals surface area contributed by atoms with Crippen LogP contribution < -0.4 is 4.90 Å². The summed E-state index contributed by atoms with van der Waals surface area (Å²) >= 11 is 0. The van der Waals surface area contributed by atoms with Gasteiger partial charge in [0, 0.05) is 25.3 Å². The van der Waals surface area contributed by atoms with Crippen molar-refractivity contribution < 1.29 is 0 Å². The summed E-state index contributed by atoms with van der Waals surface area (Å²) in [7, 11) is 0.0353. The minimum atomic E-state index is -2.01. The van der Waals surface area contributed by atoms with Crippen molar-refractivity contribution in [3.63, 3.8) is 0 Å². The summed E-state index contributed by atoms with van der Waals surface area (Å²) in [5.74, 6) is 13.5. The lowest BCUT2D eigenvalue weighted by Crippen LogP contribution is -2.43. The molecule has 0 aliphatic heterocycles. The smallest absolute Gasteiger partial charge is 0.146 e. The van der Waals surface area contributed by atoms with Gasteiger partial charge in [0.25, 0.3) is 0 Å². The highest BCUT2D eigenvalue weighted by molar-refractivity contribution is 6.91. The van der Waals surface area contributed by atoms with E-state index in [-0.39, 0.29) is 0 Å². The molecule has 0 unspecified atom stereocenters. The van der Waals surface area contributed by atoms with Crippen molar-refractivity contribution in [3.8, 4) is 40.8 Å². The van der Waals surface area contributed by atoms with Crippen molar-refractivity contribution >= 4 is 21.8 Å². The van der Waals surface area contributed by atoms with Crippen molar-refractivity contribution in [2.75, 3.05) is 19.0 Å². The van der Waals surface area contributed by atoms with Gasteiger partial charge in [-0.05, 0) is 57.5 Å². The zero-order valence-corrected chi connectivity index (χ0v) is 29.2. The third kappa shape index (κ3) is 7.95. The molecule has 39 heavy (non-hydrogen) atoms.